The lowest BCUT2D eigenvalue weighted by molar-refractivity contribution is -0.139. The standard InChI is InChI=1S/C24H22F4N6O2S/c1-33-7-5-18(16(25)11-33)30-17-3-2-4-19-15(17)9-20(34(19)13-24(26,27)28)22-31-21(36-32-22)10-29-23(35)14-6-8-37-12-14/h2-4,6,8-9,12,16H,5,7,10-11,13H2,1H3,(H,29,35)/b30-18+/t16-/m0/s1. The Kier molecular flexibility index (Phi) is 6.82. The summed E-state index contributed by atoms with van der Waals surface area (Å²) in [5.41, 5.74) is 1.53. The molecule has 0 aliphatic carbocycles. The van der Waals surface area contributed by atoms with Crippen molar-refractivity contribution in [2.45, 2.75) is 31.9 Å². The fraction of sp³-hybridized carbons (Fsp3) is 0.333. The summed E-state index contributed by atoms with van der Waals surface area (Å²) in [6.07, 6.45) is -5.35. The van der Waals surface area contributed by atoms with Crippen molar-refractivity contribution < 1.29 is 26.9 Å². The van der Waals surface area contributed by atoms with E-state index in [9.17, 15) is 22.4 Å². The van der Waals surface area contributed by atoms with Crippen LogP contribution in [0.3, 0.4) is 0 Å². The van der Waals surface area contributed by atoms with Crippen molar-refractivity contribution in [3.8, 4) is 11.5 Å². The summed E-state index contributed by atoms with van der Waals surface area (Å²) in [7, 11) is 1.82. The summed E-state index contributed by atoms with van der Waals surface area (Å²) in [6.45, 7) is -0.526. The van der Waals surface area contributed by atoms with Gasteiger partial charge in [0.25, 0.3) is 5.91 Å². The van der Waals surface area contributed by atoms with Crippen LogP contribution in [0.15, 0.2) is 50.6 Å². The van der Waals surface area contributed by atoms with Crippen LogP contribution in [-0.4, -0.2) is 63.7 Å². The van der Waals surface area contributed by atoms with E-state index in [-0.39, 0.29) is 41.9 Å². The van der Waals surface area contributed by atoms with E-state index in [1.807, 2.05) is 11.9 Å². The summed E-state index contributed by atoms with van der Waals surface area (Å²) in [4.78, 5) is 22.7. The van der Waals surface area contributed by atoms with Crippen molar-refractivity contribution in [1.82, 2.24) is 24.9 Å². The van der Waals surface area contributed by atoms with Gasteiger partial charge >= 0.3 is 6.18 Å². The zero-order valence-electron chi connectivity index (χ0n) is 19.6. The van der Waals surface area contributed by atoms with Gasteiger partial charge in [0.15, 0.2) is 6.17 Å². The first-order chi connectivity index (χ1) is 17.7. The summed E-state index contributed by atoms with van der Waals surface area (Å²) < 4.78 is 61.4. The number of fused-ring (bicyclic) bond motifs is 1. The number of hydrogen-bond acceptors (Lipinski definition) is 7. The van der Waals surface area contributed by atoms with Gasteiger partial charge in [-0.15, -0.1) is 0 Å². The van der Waals surface area contributed by atoms with E-state index in [0.717, 1.165) is 4.57 Å². The number of likely N-dealkylation sites (tertiary alicyclic amines) is 1. The third-order valence-corrected chi connectivity index (χ3v) is 6.67. The average Bonchev–Trinajstić information content (AvgIpc) is 3.59. The molecule has 0 unspecified atom stereocenters. The highest BCUT2D eigenvalue weighted by molar-refractivity contribution is 7.08. The maximum absolute atomic E-state index is 14.6. The van der Waals surface area contributed by atoms with E-state index in [4.69, 9.17) is 4.52 Å². The van der Waals surface area contributed by atoms with Gasteiger partial charge in [0.1, 0.15) is 6.54 Å². The number of carbonyl (C=O) groups is 1. The Labute approximate surface area is 212 Å². The second-order valence-electron chi connectivity index (χ2n) is 8.73. The SMILES string of the molecule is CN1CC/C(=N\c2cccc3c2cc(-c2noc(CNC(=O)c4ccsc4)n2)n3CC(F)(F)F)[C@@H](F)C1. The minimum atomic E-state index is -4.53. The largest absolute Gasteiger partial charge is 0.406 e. The van der Waals surface area contributed by atoms with Gasteiger partial charge in [0.2, 0.25) is 11.7 Å². The number of nitrogens with zero attached hydrogens (tertiary/aromatic N) is 5. The van der Waals surface area contributed by atoms with Crippen LogP contribution in [0.1, 0.15) is 22.7 Å². The van der Waals surface area contributed by atoms with Crippen LogP contribution in [0.25, 0.3) is 22.4 Å². The molecular formula is C24H22F4N6O2S. The van der Waals surface area contributed by atoms with Gasteiger partial charge in [0, 0.05) is 35.8 Å². The van der Waals surface area contributed by atoms with Crippen molar-refractivity contribution >= 4 is 39.5 Å². The lowest BCUT2D eigenvalue weighted by Crippen LogP contribution is -2.39. The number of alkyl halides is 4. The Balaban J connectivity index is 1.49. The van der Waals surface area contributed by atoms with Crippen LogP contribution in [0, 0.1) is 0 Å². The third kappa shape index (κ3) is 5.57. The number of nitrogens with one attached hydrogen (secondary N) is 1. The van der Waals surface area contributed by atoms with E-state index in [2.05, 4.69) is 20.4 Å². The molecule has 0 saturated carbocycles. The van der Waals surface area contributed by atoms with Gasteiger partial charge in [0.05, 0.1) is 29.2 Å². The van der Waals surface area contributed by atoms with Crippen molar-refractivity contribution in [2.75, 3.05) is 20.1 Å². The van der Waals surface area contributed by atoms with E-state index < -0.39 is 18.9 Å². The van der Waals surface area contributed by atoms with Crippen LogP contribution in [0.5, 0.6) is 0 Å². The molecule has 4 heterocycles. The number of piperidine rings is 1. The number of rotatable bonds is 6. The quantitative estimate of drug-likeness (QED) is 0.352. The highest BCUT2D eigenvalue weighted by Crippen LogP contribution is 2.35. The smallest absolute Gasteiger partial charge is 0.343 e. The Morgan fingerprint density at radius 2 is 2.16 bits per heavy atom. The van der Waals surface area contributed by atoms with E-state index in [1.54, 1.807) is 29.0 Å². The predicted octanol–water partition coefficient (Wildman–Crippen LogP) is 4.99. The molecule has 4 aromatic rings. The molecule has 3 aromatic heterocycles. The van der Waals surface area contributed by atoms with Crippen molar-refractivity contribution in [2.24, 2.45) is 4.99 Å². The van der Waals surface area contributed by atoms with Gasteiger partial charge in [-0.1, -0.05) is 11.2 Å². The molecule has 13 heteroatoms. The Bertz CT molecular complexity index is 1440. The third-order valence-electron chi connectivity index (χ3n) is 5.99. The first-order valence-electron chi connectivity index (χ1n) is 11.4. The Morgan fingerprint density at radius 3 is 2.89 bits per heavy atom. The number of carbonyl (C=O) groups excluding carboxylic acids is 1. The Hall–Kier alpha value is -3.58. The van der Waals surface area contributed by atoms with Gasteiger partial charge < -0.3 is 19.3 Å². The maximum atomic E-state index is 14.6. The van der Waals surface area contributed by atoms with Crippen molar-refractivity contribution in [3.05, 3.63) is 52.5 Å². The molecule has 1 aliphatic rings. The number of amides is 1. The van der Waals surface area contributed by atoms with Gasteiger partial charge in [-0.05, 0) is 36.7 Å². The van der Waals surface area contributed by atoms with Crippen molar-refractivity contribution in [1.29, 1.82) is 0 Å². The van der Waals surface area contributed by atoms with Gasteiger partial charge in [-0.2, -0.15) is 29.5 Å². The molecule has 1 N–H and O–H groups in total. The zero-order chi connectivity index (χ0) is 26.2. The number of benzene rings is 1. The fourth-order valence-electron chi connectivity index (χ4n) is 4.20. The molecule has 194 valence electrons. The van der Waals surface area contributed by atoms with Crippen molar-refractivity contribution in [3.63, 3.8) is 0 Å². The molecule has 0 radical (unpaired) electrons. The lowest BCUT2D eigenvalue weighted by atomic mass is 10.1. The highest BCUT2D eigenvalue weighted by atomic mass is 32.1. The monoisotopic (exact) mass is 534 g/mol. The van der Waals surface area contributed by atoms with Crippen LogP contribution < -0.4 is 5.32 Å². The molecule has 1 aromatic carbocycles. The molecule has 0 bridgehead atoms. The number of hydrogen-bond donors (Lipinski definition) is 1. The second-order valence-corrected chi connectivity index (χ2v) is 9.51. The maximum Gasteiger partial charge on any atom is 0.406 e. The summed E-state index contributed by atoms with van der Waals surface area (Å²) in [5.74, 6) is -0.369. The van der Waals surface area contributed by atoms with E-state index >= 15 is 0 Å². The van der Waals surface area contributed by atoms with E-state index in [1.165, 1.54) is 23.5 Å². The van der Waals surface area contributed by atoms with Crippen LogP contribution in [0.4, 0.5) is 23.2 Å². The zero-order valence-corrected chi connectivity index (χ0v) is 20.4. The van der Waals surface area contributed by atoms with Gasteiger partial charge in [-0.25, -0.2) is 4.39 Å². The molecule has 37 heavy (non-hydrogen) atoms. The number of thiophene rings is 1. The molecule has 1 aliphatic heterocycles. The molecule has 1 atom stereocenters. The van der Waals surface area contributed by atoms with Crippen LogP contribution >= 0.6 is 11.3 Å². The fourth-order valence-corrected chi connectivity index (χ4v) is 4.83. The normalized spacial score (nSPS) is 18.1. The minimum absolute atomic E-state index is 0.0365. The summed E-state index contributed by atoms with van der Waals surface area (Å²) in [5, 5.41) is 10.3. The second kappa shape index (κ2) is 10.1. The first kappa shape index (κ1) is 25.1. The molecule has 0 spiro atoms. The first-order valence-corrected chi connectivity index (χ1v) is 12.3. The summed E-state index contributed by atoms with van der Waals surface area (Å²) in [6, 6.07) is 7.93. The molecular weight excluding hydrogens is 512 g/mol. The van der Waals surface area contributed by atoms with Crippen LogP contribution in [-0.2, 0) is 13.1 Å². The number of aliphatic imine (C=N–C) groups is 1. The number of aromatic nitrogens is 3. The number of halogens is 4. The predicted molar refractivity (Wildman–Crippen MR) is 131 cm³/mol. The topological polar surface area (TPSA) is 88.6 Å². The molecule has 1 amide bonds. The summed E-state index contributed by atoms with van der Waals surface area (Å²) >= 11 is 1.37. The molecule has 8 nitrogen and oxygen atoms in total. The lowest BCUT2D eigenvalue weighted by Gasteiger charge is -2.26. The minimum Gasteiger partial charge on any atom is -0.343 e. The molecule has 1 saturated heterocycles. The highest BCUT2D eigenvalue weighted by Gasteiger charge is 2.31. The molecule has 5 rings (SSSR count). The van der Waals surface area contributed by atoms with E-state index in [0.29, 0.717) is 35.3 Å². The molecule has 1 fully saturated rings. The van der Waals surface area contributed by atoms with Gasteiger partial charge in [-0.3, -0.25) is 9.79 Å². The average molecular weight is 535 g/mol. The van der Waals surface area contributed by atoms with Crippen LogP contribution in [0.2, 0.25) is 0 Å². The Morgan fingerprint density at radius 1 is 1.32 bits per heavy atom.